The Hall–Kier alpha value is -1.31. The van der Waals surface area contributed by atoms with Gasteiger partial charge in [-0.25, -0.2) is 0 Å². The first-order chi connectivity index (χ1) is 13.7. The number of hydrogen-bond acceptors (Lipinski definition) is 2. The molecular formula is C23H37IN4O. The number of nitrogens with zero attached hydrogens (tertiary/aromatic N) is 2. The number of guanidine groups is 1. The predicted molar refractivity (Wildman–Crippen MR) is 131 cm³/mol. The summed E-state index contributed by atoms with van der Waals surface area (Å²) in [5.74, 6) is 2.45. The van der Waals surface area contributed by atoms with E-state index in [1.54, 1.807) is 0 Å². The quantitative estimate of drug-likeness (QED) is 0.229. The van der Waals surface area contributed by atoms with Crippen LogP contribution >= 0.6 is 24.0 Å². The topological polar surface area (TPSA) is 56.7 Å². The molecule has 162 valence electrons. The third kappa shape index (κ3) is 8.15. The molecule has 2 fully saturated rings. The van der Waals surface area contributed by atoms with Crippen molar-refractivity contribution in [3.05, 3.63) is 35.9 Å². The van der Waals surface area contributed by atoms with Crippen LogP contribution < -0.4 is 10.6 Å². The molecule has 1 atom stereocenters. The summed E-state index contributed by atoms with van der Waals surface area (Å²) >= 11 is 0. The van der Waals surface area contributed by atoms with Gasteiger partial charge in [-0.15, -0.1) is 24.0 Å². The van der Waals surface area contributed by atoms with Gasteiger partial charge >= 0.3 is 0 Å². The number of aliphatic imine (C=N–C) groups is 1. The van der Waals surface area contributed by atoms with E-state index in [2.05, 4.69) is 39.9 Å². The maximum absolute atomic E-state index is 12.3. The van der Waals surface area contributed by atoms with Crippen molar-refractivity contribution in [1.82, 2.24) is 15.5 Å². The molecule has 1 aliphatic carbocycles. The molecule has 29 heavy (non-hydrogen) atoms. The van der Waals surface area contributed by atoms with E-state index < -0.39 is 0 Å². The van der Waals surface area contributed by atoms with E-state index in [0.29, 0.717) is 12.3 Å². The Kier molecular flexibility index (Phi) is 10.8. The van der Waals surface area contributed by atoms with Gasteiger partial charge in [0.15, 0.2) is 5.96 Å². The van der Waals surface area contributed by atoms with Gasteiger partial charge in [0, 0.05) is 45.6 Å². The van der Waals surface area contributed by atoms with Crippen LogP contribution in [0.4, 0.5) is 0 Å². The molecule has 5 nitrogen and oxygen atoms in total. The lowest BCUT2D eigenvalue weighted by atomic mass is 10.0. The van der Waals surface area contributed by atoms with E-state index in [0.717, 1.165) is 44.5 Å². The van der Waals surface area contributed by atoms with Crippen LogP contribution in [0.15, 0.2) is 35.3 Å². The SMILES string of the molecule is CN=C(NCCCC1CCCC1)NCC1CC(=O)N(CCc2ccccc2)C1.I. The fraction of sp³-hybridized carbons (Fsp3) is 0.652. The average Bonchev–Trinajstić information content (AvgIpc) is 3.36. The fourth-order valence-electron chi connectivity index (χ4n) is 4.47. The summed E-state index contributed by atoms with van der Waals surface area (Å²) in [7, 11) is 1.82. The first-order valence-electron chi connectivity index (χ1n) is 11.0. The minimum Gasteiger partial charge on any atom is -0.356 e. The van der Waals surface area contributed by atoms with Gasteiger partial charge in [-0.3, -0.25) is 9.79 Å². The highest BCUT2D eigenvalue weighted by Gasteiger charge is 2.29. The lowest BCUT2D eigenvalue weighted by Crippen LogP contribution is -2.40. The molecule has 0 aromatic heterocycles. The molecule has 1 heterocycles. The van der Waals surface area contributed by atoms with Crippen LogP contribution in [0.2, 0.25) is 0 Å². The molecule has 1 aromatic carbocycles. The fourth-order valence-corrected chi connectivity index (χ4v) is 4.47. The number of amides is 1. The molecule has 1 amide bonds. The predicted octanol–water partition coefficient (Wildman–Crippen LogP) is 3.83. The van der Waals surface area contributed by atoms with Crippen LogP contribution in [0.5, 0.6) is 0 Å². The van der Waals surface area contributed by atoms with Crippen molar-refractivity contribution in [3.63, 3.8) is 0 Å². The number of hydrogen-bond donors (Lipinski definition) is 2. The summed E-state index contributed by atoms with van der Waals surface area (Å²) in [6.45, 7) is 3.43. The summed E-state index contributed by atoms with van der Waals surface area (Å²) in [6, 6.07) is 10.4. The van der Waals surface area contributed by atoms with Crippen LogP contribution in [0, 0.1) is 11.8 Å². The van der Waals surface area contributed by atoms with Gasteiger partial charge in [-0.2, -0.15) is 0 Å². The van der Waals surface area contributed by atoms with Gasteiger partial charge in [0.2, 0.25) is 5.91 Å². The van der Waals surface area contributed by atoms with E-state index in [1.165, 1.54) is 44.1 Å². The molecule has 1 aliphatic heterocycles. The molecule has 0 radical (unpaired) electrons. The molecule has 0 spiro atoms. The van der Waals surface area contributed by atoms with E-state index in [4.69, 9.17) is 0 Å². The maximum Gasteiger partial charge on any atom is 0.223 e. The van der Waals surface area contributed by atoms with Gasteiger partial charge < -0.3 is 15.5 Å². The molecular weight excluding hydrogens is 475 g/mol. The van der Waals surface area contributed by atoms with E-state index in [-0.39, 0.29) is 29.9 Å². The van der Waals surface area contributed by atoms with Crippen LogP contribution in [0.25, 0.3) is 0 Å². The van der Waals surface area contributed by atoms with E-state index >= 15 is 0 Å². The summed E-state index contributed by atoms with van der Waals surface area (Å²) in [5.41, 5.74) is 1.29. The first kappa shape index (κ1) is 24.0. The van der Waals surface area contributed by atoms with Gasteiger partial charge in [-0.05, 0) is 30.7 Å². The lowest BCUT2D eigenvalue weighted by Gasteiger charge is -2.18. The third-order valence-electron chi connectivity index (χ3n) is 6.15. The molecule has 1 saturated carbocycles. The third-order valence-corrected chi connectivity index (χ3v) is 6.15. The normalized spacial score (nSPS) is 20.0. The molecule has 1 aromatic rings. The van der Waals surface area contributed by atoms with Crippen molar-refractivity contribution in [2.45, 2.75) is 51.4 Å². The molecule has 1 saturated heterocycles. The number of likely N-dealkylation sites (tertiary alicyclic amines) is 1. The Bertz CT molecular complexity index is 631. The summed E-state index contributed by atoms with van der Waals surface area (Å²) < 4.78 is 0. The molecule has 2 aliphatic rings. The van der Waals surface area contributed by atoms with Gasteiger partial charge in [0.1, 0.15) is 0 Å². The summed E-state index contributed by atoms with van der Waals surface area (Å²) in [6.07, 6.45) is 9.79. The van der Waals surface area contributed by atoms with Crippen LogP contribution in [-0.4, -0.2) is 50.0 Å². The molecule has 3 rings (SSSR count). The van der Waals surface area contributed by atoms with Crippen molar-refractivity contribution in [1.29, 1.82) is 0 Å². The highest BCUT2D eigenvalue weighted by atomic mass is 127. The second-order valence-corrected chi connectivity index (χ2v) is 8.32. The van der Waals surface area contributed by atoms with Gasteiger partial charge in [0.25, 0.3) is 0 Å². The Balaban J connectivity index is 0.00000300. The standard InChI is InChI=1S/C23H36N4O.HI/c1-24-23(25-14-7-12-19-10-5-6-11-19)26-17-21-16-22(28)27(18-21)15-13-20-8-3-2-4-9-20;/h2-4,8-9,19,21H,5-7,10-18H2,1H3,(H2,24,25,26);1H. The maximum atomic E-state index is 12.3. The summed E-state index contributed by atoms with van der Waals surface area (Å²) in [4.78, 5) is 18.6. The number of rotatable bonds is 9. The van der Waals surface area contributed by atoms with E-state index in [1.807, 2.05) is 18.0 Å². The zero-order valence-electron chi connectivity index (χ0n) is 17.7. The minimum atomic E-state index is 0. The van der Waals surface area contributed by atoms with Crippen molar-refractivity contribution in [2.75, 3.05) is 33.2 Å². The van der Waals surface area contributed by atoms with Crippen molar-refractivity contribution in [3.8, 4) is 0 Å². The van der Waals surface area contributed by atoms with E-state index in [9.17, 15) is 4.79 Å². The highest BCUT2D eigenvalue weighted by Crippen LogP contribution is 2.28. The van der Waals surface area contributed by atoms with Gasteiger partial charge in [0.05, 0.1) is 0 Å². The highest BCUT2D eigenvalue weighted by molar-refractivity contribution is 14.0. The molecule has 1 unspecified atom stereocenters. The second kappa shape index (κ2) is 13.1. The number of halogens is 1. The number of benzene rings is 1. The second-order valence-electron chi connectivity index (χ2n) is 8.32. The summed E-state index contributed by atoms with van der Waals surface area (Å²) in [5, 5.41) is 6.84. The van der Waals surface area contributed by atoms with Crippen LogP contribution in [-0.2, 0) is 11.2 Å². The molecule has 2 N–H and O–H groups in total. The first-order valence-corrected chi connectivity index (χ1v) is 11.0. The number of carbonyl (C=O) groups is 1. The Morgan fingerprint density at radius 2 is 1.90 bits per heavy atom. The Labute approximate surface area is 193 Å². The molecule has 0 bridgehead atoms. The Morgan fingerprint density at radius 1 is 1.14 bits per heavy atom. The number of carbonyl (C=O) groups excluding carboxylic acids is 1. The largest absolute Gasteiger partial charge is 0.356 e. The van der Waals surface area contributed by atoms with Crippen LogP contribution in [0.1, 0.15) is 50.5 Å². The Morgan fingerprint density at radius 3 is 2.62 bits per heavy atom. The minimum absolute atomic E-state index is 0. The smallest absolute Gasteiger partial charge is 0.223 e. The van der Waals surface area contributed by atoms with Crippen LogP contribution in [0.3, 0.4) is 0 Å². The lowest BCUT2D eigenvalue weighted by molar-refractivity contribution is -0.127. The zero-order valence-corrected chi connectivity index (χ0v) is 20.1. The number of nitrogens with one attached hydrogen (secondary N) is 2. The molecule has 6 heteroatoms. The average molecular weight is 512 g/mol. The van der Waals surface area contributed by atoms with Gasteiger partial charge in [-0.1, -0.05) is 56.0 Å². The van der Waals surface area contributed by atoms with Crippen molar-refractivity contribution >= 4 is 35.8 Å². The zero-order chi connectivity index (χ0) is 19.6. The monoisotopic (exact) mass is 512 g/mol. The van der Waals surface area contributed by atoms with Crippen molar-refractivity contribution in [2.24, 2.45) is 16.8 Å². The van der Waals surface area contributed by atoms with Crippen molar-refractivity contribution < 1.29 is 4.79 Å².